The number of unbranched alkanes of at least 4 members (excludes halogenated alkanes) is 11. The molecular weight excluding hydrogens is 851 g/mol. The Morgan fingerprint density at radius 2 is 1.60 bits per heavy atom. The first kappa shape index (κ1) is 51.2. The van der Waals surface area contributed by atoms with E-state index in [1.165, 1.54) is 57.1 Å². The second-order valence-electron chi connectivity index (χ2n) is 18.3. The number of hydrogen-bond acceptors (Lipinski definition) is 11. The van der Waals surface area contributed by atoms with Gasteiger partial charge in [0.05, 0.1) is 35.8 Å². The highest BCUT2D eigenvalue weighted by atomic mass is 16.7. The van der Waals surface area contributed by atoms with Crippen molar-refractivity contribution >= 4 is 17.5 Å². The molecule has 6 rings (SSSR count). The Morgan fingerprint density at radius 1 is 0.896 bits per heavy atom. The predicted octanol–water partition coefficient (Wildman–Crippen LogP) is 12.2. The van der Waals surface area contributed by atoms with Crippen molar-refractivity contribution in [2.75, 3.05) is 33.5 Å². The lowest BCUT2D eigenvalue weighted by Gasteiger charge is -2.59. The smallest absolute Gasteiger partial charge is 0.409 e. The standard InChI is InChI=1S/C54H73N3O10/c1-4-6-7-8-9-10-11-12-13-21-34-63-53(60)56(3)50-38-48(55-65-39-40-23-15-14-16-24-40)46-35-41(25-17-19-31-58)45(28-18-20-32-59)51-47-37-44(66-43-27-22-26-42(36-43)57(61)62)29-30-49(47)67-54(50,52(46)51)64-33-5-2/h5,14-16,22-24,26-27,29-30,35-37,41,45,50-52,58-59H,2,4,6-13,17-21,25,28,31-34,38-39H2,1,3H3/t41-,45+,50-,51+,52+,54+/m0/s1. The van der Waals surface area contributed by atoms with Crippen LogP contribution in [0.15, 0.2) is 102 Å². The maximum absolute atomic E-state index is 14.3. The van der Waals surface area contributed by atoms with Crippen molar-refractivity contribution in [3.8, 4) is 17.2 Å². The summed E-state index contributed by atoms with van der Waals surface area (Å²) in [6.45, 7) is 7.07. The first-order valence-corrected chi connectivity index (χ1v) is 24.8. The molecule has 2 N–H and O–H groups in total. The molecule has 1 aliphatic heterocycles. The monoisotopic (exact) mass is 924 g/mol. The van der Waals surface area contributed by atoms with Gasteiger partial charge in [0, 0.05) is 44.2 Å². The van der Waals surface area contributed by atoms with Crippen molar-refractivity contribution in [1.82, 2.24) is 4.90 Å². The minimum Gasteiger partial charge on any atom is -0.459 e. The number of ether oxygens (including phenoxy) is 4. The Kier molecular flexibility index (Phi) is 20.1. The van der Waals surface area contributed by atoms with E-state index in [4.69, 9.17) is 28.9 Å². The summed E-state index contributed by atoms with van der Waals surface area (Å²) in [4.78, 5) is 33.3. The summed E-state index contributed by atoms with van der Waals surface area (Å²) < 4.78 is 26.6. The molecule has 13 nitrogen and oxygen atoms in total. The van der Waals surface area contributed by atoms with E-state index in [2.05, 4.69) is 19.6 Å². The Labute approximate surface area is 397 Å². The van der Waals surface area contributed by atoms with Gasteiger partial charge in [0.15, 0.2) is 0 Å². The van der Waals surface area contributed by atoms with Crippen LogP contribution in [0.5, 0.6) is 17.2 Å². The van der Waals surface area contributed by atoms with E-state index in [0.717, 1.165) is 61.6 Å². The topological polar surface area (TPSA) is 162 Å². The number of aliphatic hydroxyl groups is 2. The molecule has 67 heavy (non-hydrogen) atoms. The molecule has 1 heterocycles. The highest BCUT2D eigenvalue weighted by Gasteiger charge is 2.65. The van der Waals surface area contributed by atoms with Crippen LogP contribution in [-0.4, -0.2) is 77.1 Å². The van der Waals surface area contributed by atoms with Gasteiger partial charge >= 0.3 is 6.09 Å². The summed E-state index contributed by atoms with van der Waals surface area (Å²) in [6, 6.07) is 20.8. The molecule has 0 unspecified atom stereocenters. The molecule has 13 heteroatoms. The molecule has 2 aliphatic carbocycles. The van der Waals surface area contributed by atoms with Crippen LogP contribution in [0.2, 0.25) is 0 Å². The Bertz CT molecular complexity index is 2090. The van der Waals surface area contributed by atoms with Gasteiger partial charge in [-0.3, -0.25) is 10.1 Å². The van der Waals surface area contributed by atoms with E-state index in [9.17, 15) is 25.1 Å². The predicted molar refractivity (Wildman–Crippen MR) is 260 cm³/mol. The Hall–Kier alpha value is -5.24. The number of nitro groups is 1. The number of rotatable bonds is 29. The molecule has 0 radical (unpaired) electrons. The van der Waals surface area contributed by atoms with Crippen molar-refractivity contribution in [3.63, 3.8) is 0 Å². The lowest BCUT2D eigenvalue weighted by atomic mass is 9.55. The summed E-state index contributed by atoms with van der Waals surface area (Å²) in [6.07, 6.45) is 19.9. The lowest BCUT2D eigenvalue weighted by Crippen LogP contribution is -2.69. The van der Waals surface area contributed by atoms with Gasteiger partial charge < -0.3 is 38.9 Å². The number of aliphatic hydroxyl groups excluding tert-OH is 2. The number of likely N-dealkylation sites (N-methyl/N-ethyl adjacent to an activating group) is 1. The number of amides is 1. The zero-order chi connectivity index (χ0) is 47.4. The third-order valence-electron chi connectivity index (χ3n) is 13.6. The van der Waals surface area contributed by atoms with E-state index in [1.54, 1.807) is 36.2 Å². The fraction of sp³-hybridized carbons (Fsp3) is 0.556. The van der Waals surface area contributed by atoms with E-state index in [-0.39, 0.29) is 56.3 Å². The van der Waals surface area contributed by atoms with Crippen molar-refractivity contribution in [1.29, 1.82) is 0 Å². The summed E-state index contributed by atoms with van der Waals surface area (Å²) >= 11 is 0. The molecule has 0 saturated heterocycles. The number of nitrogens with zero attached hydrogens (tertiary/aromatic N) is 3. The number of allylic oxidation sites excluding steroid dienone is 1. The van der Waals surface area contributed by atoms with E-state index in [0.29, 0.717) is 42.4 Å². The minimum atomic E-state index is -1.44. The fourth-order valence-electron chi connectivity index (χ4n) is 10.3. The summed E-state index contributed by atoms with van der Waals surface area (Å²) in [5.41, 5.74) is 3.34. The number of fused-ring (bicyclic) bond motifs is 2. The molecule has 0 aromatic heterocycles. The molecule has 1 fully saturated rings. The van der Waals surface area contributed by atoms with Crippen LogP contribution in [0, 0.1) is 27.9 Å². The van der Waals surface area contributed by atoms with Gasteiger partial charge in [-0.05, 0) is 79.3 Å². The maximum atomic E-state index is 14.3. The van der Waals surface area contributed by atoms with Gasteiger partial charge in [-0.1, -0.05) is 131 Å². The van der Waals surface area contributed by atoms with Crippen molar-refractivity contribution in [2.45, 2.75) is 140 Å². The number of carbonyl (C=O) groups is 1. The number of carbonyl (C=O) groups excluding carboxylic acids is 1. The van der Waals surface area contributed by atoms with Crippen LogP contribution in [0.25, 0.3) is 0 Å². The Morgan fingerprint density at radius 3 is 2.30 bits per heavy atom. The molecule has 3 aromatic rings. The molecule has 1 saturated carbocycles. The number of non-ortho nitro benzene ring substituents is 1. The average Bonchev–Trinajstić information content (AvgIpc) is 3.34. The van der Waals surface area contributed by atoms with Crippen LogP contribution in [0.3, 0.4) is 0 Å². The minimum absolute atomic E-state index is 0.000229. The molecular formula is C54H73N3O10. The van der Waals surface area contributed by atoms with Gasteiger partial charge in [-0.2, -0.15) is 0 Å². The lowest BCUT2D eigenvalue weighted by molar-refractivity contribution is -0.384. The van der Waals surface area contributed by atoms with Crippen LogP contribution in [-0.2, 0) is 20.9 Å². The number of hydrogen-bond donors (Lipinski definition) is 2. The highest BCUT2D eigenvalue weighted by Crippen LogP contribution is 2.62. The number of oxime groups is 1. The van der Waals surface area contributed by atoms with Crippen molar-refractivity contribution in [3.05, 3.63) is 118 Å². The molecule has 364 valence electrons. The molecule has 1 amide bonds. The summed E-state index contributed by atoms with van der Waals surface area (Å²) in [5.74, 6) is -0.836. The van der Waals surface area contributed by atoms with E-state index in [1.807, 2.05) is 42.5 Å². The first-order valence-electron chi connectivity index (χ1n) is 24.8. The maximum Gasteiger partial charge on any atom is 0.409 e. The third kappa shape index (κ3) is 13.5. The number of nitro benzene ring substituents is 1. The molecule has 6 atom stereocenters. The molecule has 0 spiro atoms. The summed E-state index contributed by atoms with van der Waals surface area (Å²) in [7, 11) is 1.74. The highest BCUT2D eigenvalue weighted by molar-refractivity contribution is 6.03. The zero-order valence-electron chi connectivity index (χ0n) is 39.7. The van der Waals surface area contributed by atoms with Gasteiger partial charge in [0.25, 0.3) is 5.69 Å². The molecule has 0 bridgehead atoms. The van der Waals surface area contributed by atoms with Crippen LogP contribution in [0.4, 0.5) is 10.5 Å². The van der Waals surface area contributed by atoms with Crippen LogP contribution < -0.4 is 9.47 Å². The molecule has 3 aliphatic rings. The van der Waals surface area contributed by atoms with E-state index < -0.39 is 28.8 Å². The van der Waals surface area contributed by atoms with E-state index >= 15 is 0 Å². The first-order chi connectivity index (χ1) is 32.7. The van der Waals surface area contributed by atoms with Crippen molar-refractivity contribution in [2.24, 2.45) is 22.9 Å². The second-order valence-corrected chi connectivity index (χ2v) is 18.3. The van der Waals surface area contributed by atoms with Gasteiger partial charge in [-0.15, -0.1) is 6.58 Å². The fourth-order valence-corrected chi connectivity index (χ4v) is 10.3. The zero-order valence-corrected chi connectivity index (χ0v) is 39.7. The van der Waals surface area contributed by atoms with Gasteiger partial charge in [-0.25, -0.2) is 4.79 Å². The molecule has 3 aromatic carbocycles. The second kappa shape index (κ2) is 26.3. The van der Waals surface area contributed by atoms with Crippen LogP contribution >= 0.6 is 0 Å². The Balaban J connectivity index is 1.40. The summed E-state index contributed by atoms with van der Waals surface area (Å²) in [5, 5.41) is 36.5. The third-order valence-corrected chi connectivity index (χ3v) is 13.6. The van der Waals surface area contributed by atoms with Gasteiger partial charge in [0.1, 0.15) is 29.9 Å². The van der Waals surface area contributed by atoms with Gasteiger partial charge in [0.2, 0.25) is 5.79 Å². The largest absolute Gasteiger partial charge is 0.459 e. The van der Waals surface area contributed by atoms with Crippen molar-refractivity contribution < 1.29 is 43.7 Å². The normalized spacial score (nSPS) is 22.2. The average molecular weight is 924 g/mol. The van der Waals surface area contributed by atoms with Crippen LogP contribution in [0.1, 0.15) is 133 Å². The number of benzene rings is 3. The SMILES string of the molecule is C=CCO[C@@]12Oc3ccc(Oc4cccc([N+](=O)[O-])c4)cc3[C@H]3[C@H](CCCCO)[C@@H](CCCCO)C=C(C(=NOCc4ccccc4)C[C@@H]1N(C)C(=O)OCCCCCCCCCCCC)[C@H]32. The quantitative estimate of drug-likeness (QED) is 0.0296.